The molecule has 108 valence electrons. The Morgan fingerprint density at radius 2 is 1.79 bits per heavy atom. The van der Waals surface area contributed by atoms with Crippen molar-refractivity contribution in [2.45, 2.75) is 40.5 Å². The average Bonchev–Trinajstić information content (AvgIpc) is 2.40. The molecule has 0 aliphatic heterocycles. The molecule has 0 saturated heterocycles. The van der Waals surface area contributed by atoms with Crippen LogP contribution < -0.4 is 9.64 Å². The van der Waals surface area contributed by atoms with E-state index in [1.165, 1.54) is 0 Å². The van der Waals surface area contributed by atoms with Gasteiger partial charge in [-0.25, -0.2) is 0 Å². The summed E-state index contributed by atoms with van der Waals surface area (Å²) in [6, 6.07) is 0.292. The number of hydrogen-bond acceptors (Lipinski definition) is 5. The second-order valence-electron chi connectivity index (χ2n) is 4.34. The molecule has 0 amide bonds. The maximum Gasteiger partial charge on any atom is 0.322 e. The van der Waals surface area contributed by atoms with E-state index in [0.29, 0.717) is 24.5 Å². The van der Waals surface area contributed by atoms with Crippen LogP contribution in [0.2, 0.25) is 5.28 Å². The molecule has 0 aliphatic rings. The number of aromatic nitrogens is 3. The molecule has 1 heterocycles. The fraction of sp³-hybridized carbons (Fsp3) is 0.769. The SMILES string of the molecule is CCOc1nc(Cl)nc(N(CC)CC(CC)CC)n1. The highest BCUT2D eigenvalue weighted by molar-refractivity contribution is 6.28. The van der Waals surface area contributed by atoms with Crippen LogP contribution in [0.25, 0.3) is 0 Å². The average molecular weight is 287 g/mol. The molecule has 0 aliphatic carbocycles. The Labute approximate surface area is 120 Å². The third-order valence-corrected chi connectivity index (χ3v) is 3.32. The van der Waals surface area contributed by atoms with Gasteiger partial charge in [0.15, 0.2) is 0 Å². The van der Waals surface area contributed by atoms with E-state index in [2.05, 4.69) is 40.6 Å². The minimum absolute atomic E-state index is 0.177. The Bertz CT molecular complexity index is 385. The van der Waals surface area contributed by atoms with E-state index in [0.717, 1.165) is 25.9 Å². The normalized spacial score (nSPS) is 10.8. The van der Waals surface area contributed by atoms with Gasteiger partial charge in [0.25, 0.3) is 0 Å². The van der Waals surface area contributed by atoms with Crippen molar-refractivity contribution in [1.29, 1.82) is 0 Å². The second-order valence-corrected chi connectivity index (χ2v) is 4.68. The van der Waals surface area contributed by atoms with E-state index in [-0.39, 0.29) is 5.28 Å². The topological polar surface area (TPSA) is 51.1 Å². The van der Waals surface area contributed by atoms with Crippen molar-refractivity contribution >= 4 is 17.5 Å². The predicted octanol–water partition coefficient (Wildman–Crippen LogP) is 3.19. The summed E-state index contributed by atoms with van der Waals surface area (Å²) in [4.78, 5) is 14.6. The molecule has 0 aromatic carbocycles. The van der Waals surface area contributed by atoms with Crippen molar-refractivity contribution < 1.29 is 4.74 Å². The van der Waals surface area contributed by atoms with Crippen molar-refractivity contribution in [1.82, 2.24) is 15.0 Å². The molecule has 0 N–H and O–H groups in total. The summed E-state index contributed by atoms with van der Waals surface area (Å²) in [6.07, 6.45) is 2.29. The predicted molar refractivity (Wildman–Crippen MR) is 78.0 cm³/mol. The summed E-state index contributed by atoms with van der Waals surface area (Å²) >= 11 is 5.92. The smallest absolute Gasteiger partial charge is 0.322 e. The van der Waals surface area contributed by atoms with Gasteiger partial charge in [0.1, 0.15) is 0 Å². The Balaban J connectivity index is 2.90. The Hall–Kier alpha value is -1.10. The van der Waals surface area contributed by atoms with Gasteiger partial charge in [-0.05, 0) is 31.4 Å². The van der Waals surface area contributed by atoms with E-state index < -0.39 is 0 Å². The molecule has 0 fully saturated rings. The van der Waals surface area contributed by atoms with Crippen LogP contribution in [0.1, 0.15) is 40.5 Å². The van der Waals surface area contributed by atoms with Crippen molar-refractivity contribution in [3.05, 3.63) is 5.28 Å². The lowest BCUT2D eigenvalue weighted by Gasteiger charge is -2.25. The lowest BCUT2D eigenvalue weighted by atomic mass is 10.0. The standard InChI is InChI=1S/C13H23ClN4O/c1-5-10(6-2)9-18(7-3)12-15-11(14)16-13(17-12)19-8-4/h10H,5-9H2,1-4H3. The second kappa shape index (κ2) is 8.15. The summed E-state index contributed by atoms with van der Waals surface area (Å²) < 4.78 is 5.31. The molecular weight excluding hydrogens is 264 g/mol. The highest BCUT2D eigenvalue weighted by Gasteiger charge is 2.15. The molecule has 6 heteroatoms. The first-order valence-electron chi connectivity index (χ1n) is 6.93. The number of hydrogen-bond donors (Lipinski definition) is 0. The van der Waals surface area contributed by atoms with Crippen LogP contribution >= 0.6 is 11.6 Å². The van der Waals surface area contributed by atoms with Gasteiger partial charge in [0.2, 0.25) is 11.2 Å². The maximum atomic E-state index is 5.92. The van der Waals surface area contributed by atoms with Crippen LogP contribution in [0.5, 0.6) is 6.01 Å². The third-order valence-electron chi connectivity index (χ3n) is 3.15. The number of ether oxygens (including phenoxy) is 1. The quantitative estimate of drug-likeness (QED) is 0.734. The first-order chi connectivity index (χ1) is 9.14. The van der Waals surface area contributed by atoms with E-state index in [1.807, 2.05) is 6.92 Å². The van der Waals surface area contributed by atoms with Crippen LogP contribution in [0.3, 0.4) is 0 Å². The van der Waals surface area contributed by atoms with E-state index in [4.69, 9.17) is 16.3 Å². The highest BCUT2D eigenvalue weighted by Crippen LogP contribution is 2.18. The lowest BCUT2D eigenvalue weighted by molar-refractivity contribution is 0.311. The first kappa shape index (κ1) is 16.0. The summed E-state index contributed by atoms with van der Waals surface area (Å²) in [5.74, 6) is 1.23. The Kier molecular flexibility index (Phi) is 6.84. The molecule has 0 saturated carbocycles. The molecule has 0 unspecified atom stereocenters. The summed E-state index contributed by atoms with van der Waals surface area (Å²) in [6.45, 7) is 10.7. The van der Waals surface area contributed by atoms with Crippen LogP contribution in [0.15, 0.2) is 0 Å². The van der Waals surface area contributed by atoms with Gasteiger partial charge in [-0.2, -0.15) is 15.0 Å². The fourth-order valence-corrected chi connectivity index (χ4v) is 2.02. The zero-order valence-electron chi connectivity index (χ0n) is 12.2. The molecule has 0 bridgehead atoms. The first-order valence-corrected chi connectivity index (χ1v) is 7.31. The zero-order chi connectivity index (χ0) is 14.3. The Morgan fingerprint density at radius 3 is 2.32 bits per heavy atom. The van der Waals surface area contributed by atoms with Gasteiger partial charge in [-0.3, -0.25) is 0 Å². The van der Waals surface area contributed by atoms with Gasteiger partial charge in [-0.1, -0.05) is 26.7 Å². The Morgan fingerprint density at radius 1 is 1.11 bits per heavy atom. The molecule has 0 spiro atoms. The summed E-state index contributed by atoms with van der Waals surface area (Å²) in [5.41, 5.74) is 0. The molecule has 0 radical (unpaired) electrons. The number of nitrogens with zero attached hydrogens (tertiary/aromatic N) is 4. The minimum Gasteiger partial charge on any atom is -0.464 e. The van der Waals surface area contributed by atoms with Crippen molar-refractivity contribution in [2.24, 2.45) is 5.92 Å². The summed E-state index contributed by atoms with van der Waals surface area (Å²) in [5, 5.41) is 0.177. The lowest BCUT2D eigenvalue weighted by Crippen LogP contribution is -2.30. The maximum absolute atomic E-state index is 5.92. The monoisotopic (exact) mass is 286 g/mol. The van der Waals surface area contributed by atoms with Gasteiger partial charge < -0.3 is 9.64 Å². The molecule has 5 nitrogen and oxygen atoms in total. The van der Waals surface area contributed by atoms with Crippen molar-refractivity contribution in [3.63, 3.8) is 0 Å². The number of halogens is 1. The van der Waals surface area contributed by atoms with Crippen molar-refractivity contribution in [3.8, 4) is 6.01 Å². The minimum atomic E-state index is 0.177. The van der Waals surface area contributed by atoms with Crippen LogP contribution in [-0.2, 0) is 0 Å². The van der Waals surface area contributed by atoms with E-state index in [9.17, 15) is 0 Å². The van der Waals surface area contributed by atoms with Crippen LogP contribution in [0, 0.1) is 5.92 Å². The van der Waals surface area contributed by atoms with Gasteiger partial charge >= 0.3 is 6.01 Å². The van der Waals surface area contributed by atoms with E-state index in [1.54, 1.807) is 0 Å². The van der Waals surface area contributed by atoms with Gasteiger partial charge in [-0.15, -0.1) is 0 Å². The van der Waals surface area contributed by atoms with E-state index >= 15 is 0 Å². The highest BCUT2D eigenvalue weighted by atomic mass is 35.5. The molecule has 1 aromatic rings. The number of rotatable bonds is 8. The molecule has 19 heavy (non-hydrogen) atoms. The van der Waals surface area contributed by atoms with Crippen molar-refractivity contribution in [2.75, 3.05) is 24.6 Å². The zero-order valence-corrected chi connectivity index (χ0v) is 12.9. The fourth-order valence-electron chi connectivity index (χ4n) is 1.87. The van der Waals surface area contributed by atoms with Crippen LogP contribution in [-0.4, -0.2) is 34.6 Å². The molecule has 1 aromatic heterocycles. The van der Waals surface area contributed by atoms with Gasteiger partial charge in [0.05, 0.1) is 6.61 Å². The molecule has 1 rings (SSSR count). The molecule has 0 atom stereocenters. The largest absolute Gasteiger partial charge is 0.464 e. The van der Waals surface area contributed by atoms with Gasteiger partial charge in [0, 0.05) is 13.1 Å². The number of anilines is 1. The van der Waals surface area contributed by atoms with Crippen LogP contribution in [0.4, 0.5) is 5.95 Å². The third kappa shape index (κ3) is 4.82. The summed E-state index contributed by atoms with van der Waals surface area (Å²) in [7, 11) is 0. The molecular formula is C13H23ClN4O.